The van der Waals surface area contributed by atoms with Crippen molar-refractivity contribution in [3.05, 3.63) is 71.0 Å². The summed E-state index contributed by atoms with van der Waals surface area (Å²) in [6, 6.07) is 13.1. The van der Waals surface area contributed by atoms with Crippen molar-refractivity contribution in [2.45, 2.75) is 25.1 Å². The highest BCUT2D eigenvalue weighted by Gasteiger charge is 2.45. The minimum Gasteiger partial charge on any atom is -0.454 e. The lowest BCUT2D eigenvalue weighted by Gasteiger charge is -2.41. The summed E-state index contributed by atoms with van der Waals surface area (Å²) in [6.45, 7) is 3.45. The first-order valence-electron chi connectivity index (χ1n) is 13.1. The zero-order valence-electron chi connectivity index (χ0n) is 21.4. The van der Waals surface area contributed by atoms with E-state index >= 15 is 4.39 Å². The van der Waals surface area contributed by atoms with Gasteiger partial charge in [0.2, 0.25) is 5.95 Å². The van der Waals surface area contributed by atoms with Crippen LogP contribution in [0.1, 0.15) is 24.0 Å². The van der Waals surface area contributed by atoms with Crippen LogP contribution >= 0.6 is 11.6 Å². The van der Waals surface area contributed by atoms with Gasteiger partial charge in [0, 0.05) is 81.6 Å². The Morgan fingerprint density at radius 2 is 1.72 bits per heavy atom. The summed E-state index contributed by atoms with van der Waals surface area (Å²) in [7, 11) is 0. The Hall–Kier alpha value is -3.76. The molecule has 0 bridgehead atoms. The first kappa shape index (κ1) is 25.5. The molecule has 0 aliphatic carbocycles. The van der Waals surface area contributed by atoms with Gasteiger partial charge < -0.3 is 20.3 Å². The van der Waals surface area contributed by atoms with Gasteiger partial charge in [-0.3, -0.25) is 9.69 Å². The number of hydrogen-bond acceptors (Lipinski definition) is 8. The molecule has 6 rings (SSSR count). The molecule has 0 atom stereocenters. The number of aliphatic imine (C=N–C) groups is 1. The molecule has 1 amide bonds. The normalized spacial score (nSPS) is 18.9. The molecular weight excluding hydrogens is 521 g/mol. The molecule has 4 heterocycles. The van der Waals surface area contributed by atoms with Gasteiger partial charge in [0.15, 0.2) is 11.4 Å². The number of piperidine rings is 1. The van der Waals surface area contributed by atoms with Crippen LogP contribution in [-0.2, 0) is 11.3 Å². The molecule has 0 radical (unpaired) electrons. The molecule has 2 N–H and O–H groups in total. The van der Waals surface area contributed by atoms with Gasteiger partial charge in [-0.1, -0.05) is 23.7 Å². The Kier molecular flexibility index (Phi) is 6.82. The lowest BCUT2D eigenvalue weighted by atomic mass is 9.91. The Bertz CT molecular complexity index is 1400. The molecule has 0 saturated carbocycles. The molecule has 2 saturated heterocycles. The fraction of sp³-hybridized carbons (Fsp3) is 0.357. The molecular formula is C28H29ClFN7O2. The van der Waals surface area contributed by atoms with Crippen molar-refractivity contribution in [2.75, 3.05) is 45.0 Å². The summed E-state index contributed by atoms with van der Waals surface area (Å²) < 4.78 is 22.1. The number of amides is 1. The van der Waals surface area contributed by atoms with Gasteiger partial charge in [0.1, 0.15) is 17.3 Å². The van der Waals surface area contributed by atoms with E-state index in [1.807, 2.05) is 36.4 Å². The van der Waals surface area contributed by atoms with Crippen LogP contribution in [0.15, 0.2) is 59.9 Å². The standard InChI is InChI=1S/C28H29ClFN7O2/c29-20-5-6-23-21(15-20)25(34-22-3-1-2-4-24(22)39-23)36-11-13-37(14-12-36)26(38)28(30)7-9-35(10-8-28)18-19-16-32-27(31)33-17-19/h1-6,15-17H,7-14,18H2,(H2,31,32,33). The predicted octanol–water partition coefficient (Wildman–Crippen LogP) is 4.04. The number of anilines is 1. The molecule has 0 unspecified atom stereocenters. The molecule has 0 spiro atoms. The molecule has 3 aromatic rings. The second kappa shape index (κ2) is 10.4. The average Bonchev–Trinajstić information content (AvgIpc) is 3.12. The number of nitrogens with zero attached hydrogens (tertiary/aromatic N) is 6. The Morgan fingerprint density at radius 1 is 1.00 bits per heavy atom. The lowest BCUT2D eigenvalue weighted by Crippen LogP contribution is -2.57. The van der Waals surface area contributed by atoms with Crippen molar-refractivity contribution < 1.29 is 13.9 Å². The van der Waals surface area contributed by atoms with Crippen LogP contribution in [0.3, 0.4) is 0 Å². The van der Waals surface area contributed by atoms with Crippen molar-refractivity contribution >= 4 is 35.0 Å². The molecule has 3 aliphatic heterocycles. The van der Waals surface area contributed by atoms with Gasteiger partial charge in [0.05, 0.1) is 5.56 Å². The topological polar surface area (TPSA) is 100 Å². The SMILES string of the molecule is Nc1ncc(CN2CCC(F)(C(=O)N3CCN(C4=Nc5ccccc5Oc5ccc(Cl)cc54)CC3)CC2)cn1. The monoisotopic (exact) mass is 549 g/mol. The number of nitrogens with two attached hydrogens (primary N) is 1. The molecule has 2 aromatic carbocycles. The molecule has 2 fully saturated rings. The third-order valence-electron chi connectivity index (χ3n) is 7.52. The number of piperazine rings is 1. The number of halogens is 2. The zero-order valence-corrected chi connectivity index (χ0v) is 22.1. The second-order valence-corrected chi connectivity index (χ2v) is 10.6. The summed E-state index contributed by atoms with van der Waals surface area (Å²) in [6.07, 6.45) is 3.68. The fourth-order valence-corrected chi connectivity index (χ4v) is 5.50. The Labute approximate surface area is 231 Å². The first-order valence-corrected chi connectivity index (χ1v) is 13.4. The minimum atomic E-state index is -1.86. The van der Waals surface area contributed by atoms with E-state index in [1.165, 1.54) is 0 Å². The molecule has 39 heavy (non-hydrogen) atoms. The summed E-state index contributed by atoms with van der Waals surface area (Å²) in [4.78, 5) is 32.2. The van der Waals surface area contributed by atoms with Gasteiger partial charge in [-0.25, -0.2) is 19.4 Å². The second-order valence-electron chi connectivity index (χ2n) is 10.1. The highest BCUT2D eigenvalue weighted by molar-refractivity contribution is 6.31. The number of alkyl halides is 1. The van der Waals surface area contributed by atoms with Gasteiger partial charge >= 0.3 is 0 Å². The van der Waals surface area contributed by atoms with Crippen molar-refractivity contribution in [1.82, 2.24) is 24.7 Å². The Balaban J connectivity index is 1.11. The van der Waals surface area contributed by atoms with E-state index in [4.69, 9.17) is 27.1 Å². The van der Waals surface area contributed by atoms with Crippen LogP contribution in [0.5, 0.6) is 11.5 Å². The van der Waals surface area contributed by atoms with E-state index < -0.39 is 11.6 Å². The van der Waals surface area contributed by atoms with E-state index in [0.29, 0.717) is 62.3 Å². The maximum atomic E-state index is 15.9. The van der Waals surface area contributed by atoms with Crippen LogP contribution in [-0.4, -0.2) is 81.3 Å². The number of carbonyl (C=O) groups is 1. The highest BCUT2D eigenvalue weighted by Crippen LogP contribution is 2.39. The number of nitrogen functional groups attached to an aromatic ring is 1. The number of rotatable bonds is 3. The average molecular weight is 550 g/mol. The fourth-order valence-electron chi connectivity index (χ4n) is 5.32. The highest BCUT2D eigenvalue weighted by atomic mass is 35.5. The maximum absolute atomic E-state index is 15.9. The smallest absolute Gasteiger partial charge is 0.260 e. The van der Waals surface area contributed by atoms with E-state index in [0.717, 1.165) is 22.6 Å². The van der Waals surface area contributed by atoms with Gasteiger partial charge in [-0.05, 0) is 30.3 Å². The largest absolute Gasteiger partial charge is 0.454 e. The maximum Gasteiger partial charge on any atom is 0.260 e. The summed E-state index contributed by atoms with van der Waals surface area (Å²) in [5, 5.41) is 0.583. The third-order valence-corrected chi connectivity index (χ3v) is 7.76. The van der Waals surface area contributed by atoms with Crippen molar-refractivity contribution in [1.29, 1.82) is 0 Å². The Morgan fingerprint density at radius 3 is 2.46 bits per heavy atom. The number of para-hydroxylation sites is 2. The van der Waals surface area contributed by atoms with Crippen LogP contribution in [0.4, 0.5) is 16.0 Å². The van der Waals surface area contributed by atoms with Crippen molar-refractivity contribution in [2.24, 2.45) is 4.99 Å². The van der Waals surface area contributed by atoms with E-state index in [2.05, 4.69) is 19.8 Å². The molecule has 11 heteroatoms. The molecule has 202 valence electrons. The number of benzene rings is 2. The van der Waals surface area contributed by atoms with Gasteiger partial charge in [-0.15, -0.1) is 0 Å². The van der Waals surface area contributed by atoms with Crippen molar-refractivity contribution in [3.8, 4) is 11.5 Å². The summed E-state index contributed by atoms with van der Waals surface area (Å²) >= 11 is 6.34. The predicted molar refractivity (Wildman–Crippen MR) is 147 cm³/mol. The molecule has 3 aliphatic rings. The molecule has 1 aromatic heterocycles. The first-order chi connectivity index (χ1) is 18.9. The van der Waals surface area contributed by atoms with E-state index in [-0.39, 0.29) is 18.8 Å². The number of aromatic nitrogens is 2. The van der Waals surface area contributed by atoms with Crippen LogP contribution in [0.25, 0.3) is 0 Å². The third kappa shape index (κ3) is 5.26. The minimum absolute atomic E-state index is 0.161. The number of ether oxygens (including phenoxy) is 1. The van der Waals surface area contributed by atoms with Gasteiger partial charge in [0.25, 0.3) is 5.91 Å². The van der Waals surface area contributed by atoms with Crippen LogP contribution in [0.2, 0.25) is 5.02 Å². The molecule has 9 nitrogen and oxygen atoms in total. The van der Waals surface area contributed by atoms with Crippen LogP contribution < -0.4 is 10.5 Å². The quantitative estimate of drug-likeness (QED) is 0.526. The number of amidine groups is 1. The number of likely N-dealkylation sites (tertiary alicyclic amines) is 1. The summed E-state index contributed by atoms with van der Waals surface area (Å²) in [5.41, 5.74) is 6.12. The number of fused-ring (bicyclic) bond motifs is 2. The van der Waals surface area contributed by atoms with E-state index in [1.54, 1.807) is 23.4 Å². The van der Waals surface area contributed by atoms with E-state index in [9.17, 15) is 4.79 Å². The summed E-state index contributed by atoms with van der Waals surface area (Å²) in [5.74, 6) is 1.88. The number of carbonyl (C=O) groups excluding carboxylic acids is 1. The van der Waals surface area contributed by atoms with Crippen LogP contribution in [0, 0.1) is 0 Å². The van der Waals surface area contributed by atoms with Gasteiger partial charge in [-0.2, -0.15) is 0 Å². The number of hydrogen-bond donors (Lipinski definition) is 1. The lowest BCUT2D eigenvalue weighted by molar-refractivity contribution is -0.148. The zero-order chi connectivity index (χ0) is 27.0. The van der Waals surface area contributed by atoms with Crippen molar-refractivity contribution in [3.63, 3.8) is 0 Å².